The monoisotopic (exact) mass is 279 g/mol. The molecule has 1 atom stereocenters. The molecule has 0 saturated heterocycles. The molecular weight excluding hydrogens is 266 g/mol. The number of aryl methyl sites for hydroxylation is 1. The van der Waals surface area contributed by atoms with E-state index in [1.165, 1.54) is 11.3 Å². The van der Waals surface area contributed by atoms with E-state index in [4.69, 9.17) is 11.6 Å². The zero-order valence-corrected chi connectivity index (χ0v) is 11.6. The molecule has 0 aliphatic rings. The summed E-state index contributed by atoms with van der Waals surface area (Å²) in [5.41, 5.74) is 1.96. The second kappa shape index (κ2) is 6.14. The van der Waals surface area contributed by atoms with Gasteiger partial charge in [0.05, 0.1) is 10.9 Å². The Morgan fingerprint density at radius 3 is 2.78 bits per heavy atom. The summed E-state index contributed by atoms with van der Waals surface area (Å²) in [7, 11) is 0. The molecule has 0 aliphatic carbocycles. The Balaban J connectivity index is 1.99. The zero-order chi connectivity index (χ0) is 13.0. The molecule has 94 valence electrons. The van der Waals surface area contributed by atoms with Gasteiger partial charge in [0, 0.05) is 11.1 Å². The molecule has 0 bridgehead atoms. The maximum absolute atomic E-state index is 10.0. The maximum Gasteiger partial charge on any atom is 0.114 e. The van der Waals surface area contributed by atoms with Gasteiger partial charge in [-0.1, -0.05) is 35.9 Å². The van der Waals surface area contributed by atoms with E-state index in [0.717, 1.165) is 20.3 Å². The van der Waals surface area contributed by atoms with E-state index in [-0.39, 0.29) is 0 Å². The molecule has 1 aromatic carbocycles. The number of rotatable bonds is 4. The molecular formula is C14H14ClNOS. The van der Waals surface area contributed by atoms with Crippen LogP contribution in [0.25, 0.3) is 0 Å². The highest BCUT2D eigenvalue weighted by molar-refractivity contribution is 7.16. The minimum Gasteiger partial charge on any atom is -0.383 e. The Kier molecular flexibility index (Phi) is 4.53. The molecule has 1 heterocycles. The Bertz CT molecular complexity index is 550. The van der Waals surface area contributed by atoms with Crippen LogP contribution in [0.1, 0.15) is 22.1 Å². The predicted octanol–water partition coefficient (Wildman–Crippen LogP) is 4.01. The van der Waals surface area contributed by atoms with E-state index in [2.05, 4.69) is 4.99 Å². The van der Waals surface area contributed by atoms with Crippen LogP contribution in [0.4, 0.5) is 0 Å². The average Bonchev–Trinajstić information content (AvgIpc) is 2.75. The number of thiophene rings is 1. The van der Waals surface area contributed by atoms with E-state index in [0.29, 0.717) is 6.54 Å². The molecule has 1 N–H and O–H groups in total. The number of aliphatic imine (C=N–C) groups is 1. The van der Waals surface area contributed by atoms with Gasteiger partial charge in [0.25, 0.3) is 0 Å². The number of hydrogen-bond acceptors (Lipinski definition) is 3. The number of benzene rings is 1. The van der Waals surface area contributed by atoms with Crippen LogP contribution in [0.2, 0.25) is 4.34 Å². The molecule has 18 heavy (non-hydrogen) atoms. The molecule has 0 amide bonds. The van der Waals surface area contributed by atoms with Gasteiger partial charge in [0.15, 0.2) is 0 Å². The first-order valence-corrected chi connectivity index (χ1v) is 6.84. The van der Waals surface area contributed by atoms with Crippen LogP contribution in [0.5, 0.6) is 0 Å². The molecule has 2 nitrogen and oxygen atoms in total. The minimum absolute atomic E-state index is 0.556. The molecule has 4 heteroatoms. The van der Waals surface area contributed by atoms with Gasteiger partial charge in [-0.25, -0.2) is 0 Å². The molecule has 0 fully saturated rings. The topological polar surface area (TPSA) is 32.6 Å². The van der Waals surface area contributed by atoms with Crippen molar-refractivity contribution in [2.45, 2.75) is 19.6 Å². The van der Waals surface area contributed by atoms with Gasteiger partial charge in [0.1, 0.15) is 6.10 Å². The van der Waals surface area contributed by atoms with Crippen LogP contribution in [0.15, 0.2) is 41.4 Å². The number of nitrogens with zero attached hydrogens (tertiary/aromatic N) is 1. The van der Waals surface area contributed by atoms with Gasteiger partial charge < -0.3 is 5.11 Å². The molecule has 1 unspecified atom stereocenters. The van der Waals surface area contributed by atoms with E-state index in [1.807, 2.05) is 43.3 Å². The number of aliphatic hydroxyl groups is 1. The Morgan fingerprint density at radius 2 is 2.11 bits per heavy atom. The Hall–Kier alpha value is -1.16. The summed E-state index contributed by atoms with van der Waals surface area (Å²) in [5, 5.41) is 10.0. The van der Waals surface area contributed by atoms with Gasteiger partial charge in [-0.05, 0) is 30.2 Å². The van der Waals surface area contributed by atoms with Crippen molar-refractivity contribution in [1.82, 2.24) is 0 Å². The number of aliphatic hydroxyl groups excluding tert-OH is 1. The Morgan fingerprint density at radius 1 is 1.33 bits per heavy atom. The van der Waals surface area contributed by atoms with Crippen LogP contribution in [0.3, 0.4) is 0 Å². The lowest BCUT2D eigenvalue weighted by atomic mass is 10.0. The number of hydrogen-bond donors (Lipinski definition) is 1. The van der Waals surface area contributed by atoms with Crippen molar-refractivity contribution < 1.29 is 5.11 Å². The van der Waals surface area contributed by atoms with Crippen LogP contribution >= 0.6 is 22.9 Å². The van der Waals surface area contributed by atoms with Crippen LogP contribution in [-0.4, -0.2) is 11.3 Å². The minimum atomic E-state index is -0.651. The molecule has 0 saturated carbocycles. The molecule has 2 aromatic rings. The van der Waals surface area contributed by atoms with E-state index in [9.17, 15) is 5.11 Å². The first-order valence-electron chi connectivity index (χ1n) is 5.64. The van der Waals surface area contributed by atoms with Crippen molar-refractivity contribution in [3.63, 3.8) is 0 Å². The van der Waals surface area contributed by atoms with Crippen molar-refractivity contribution in [3.05, 3.63) is 56.7 Å². The van der Waals surface area contributed by atoms with Crippen LogP contribution in [-0.2, 0) is 6.54 Å². The second-order valence-electron chi connectivity index (χ2n) is 4.00. The van der Waals surface area contributed by atoms with Crippen LogP contribution in [0, 0.1) is 6.92 Å². The van der Waals surface area contributed by atoms with Crippen molar-refractivity contribution in [2.24, 2.45) is 4.99 Å². The average molecular weight is 280 g/mol. The first-order chi connectivity index (χ1) is 8.66. The predicted molar refractivity (Wildman–Crippen MR) is 77.7 cm³/mol. The summed E-state index contributed by atoms with van der Waals surface area (Å²) in [5.74, 6) is 0. The summed E-state index contributed by atoms with van der Waals surface area (Å²) in [6, 6.07) is 11.6. The lowest BCUT2D eigenvalue weighted by Gasteiger charge is -2.08. The quantitative estimate of drug-likeness (QED) is 0.843. The summed E-state index contributed by atoms with van der Waals surface area (Å²) in [4.78, 5) is 5.34. The normalized spacial score (nSPS) is 13.1. The van der Waals surface area contributed by atoms with Gasteiger partial charge in [-0.3, -0.25) is 4.99 Å². The maximum atomic E-state index is 10.0. The molecule has 1 aromatic heterocycles. The van der Waals surface area contributed by atoms with Crippen molar-refractivity contribution in [1.29, 1.82) is 0 Å². The lowest BCUT2D eigenvalue weighted by Crippen LogP contribution is -2.01. The smallest absolute Gasteiger partial charge is 0.114 e. The fourth-order valence-electron chi connectivity index (χ4n) is 1.68. The molecule has 0 aliphatic heterocycles. The van der Waals surface area contributed by atoms with Crippen LogP contribution < -0.4 is 0 Å². The van der Waals surface area contributed by atoms with Gasteiger partial charge in [-0.2, -0.15) is 0 Å². The molecule has 0 spiro atoms. The summed E-state index contributed by atoms with van der Waals surface area (Å²) in [6.45, 7) is 2.53. The highest BCUT2D eigenvalue weighted by atomic mass is 35.5. The summed E-state index contributed by atoms with van der Waals surface area (Å²) >= 11 is 7.34. The van der Waals surface area contributed by atoms with Crippen molar-refractivity contribution in [2.75, 3.05) is 0 Å². The van der Waals surface area contributed by atoms with E-state index < -0.39 is 6.10 Å². The summed E-state index contributed by atoms with van der Waals surface area (Å²) < 4.78 is 0.764. The second-order valence-corrected chi connectivity index (χ2v) is 5.80. The third-order valence-corrected chi connectivity index (χ3v) is 3.85. The van der Waals surface area contributed by atoms with Crippen molar-refractivity contribution >= 4 is 29.2 Å². The third kappa shape index (κ3) is 3.42. The fourth-order valence-corrected chi connectivity index (χ4v) is 2.70. The van der Waals surface area contributed by atoms with Gasteiger partial charge >= 0.3 is 0 Å². The van der Waals surface area contributed by atoms with E-state index >= 15 is 0 Å². The SMILES string of the molecule is Cc1ccccc1C(O)/C=N/Cc1ccc(Cl)s1. The number of halogens is 1. The first kappa shape index (κ1) is 13.3. The lowest BCUT2D eigenvalue weighted by molar-refractivity contribution is 0.251. The standard InChI is InChI=1S/C14H14ClNOS/c1-10-4-2-3-5-12(10)13(17)9-16-8-11-6-7-14(15)18-11/h2-7,9,13,17H,8H2,1H3/b16-9+. The fraction of sp³-hybridized carbons (Fsp3) is 0.214. The van der Waals surface area contributed by atoms with Crippen molar-refractivity contribution in [3.8, 4) is 0 Å². The molecule has 2 rings (SSSR count). The third-order valence-electron chi connectivity index (χ3n) is 2.63. The molecule has 0 radical (unpaired) electrons. The van der Waals surface area contributed by atoms with Gasteiger partial charge in [-0.15, -0.1) is 11.3 Å². The largest absolute Gasteiger partial charge is 0.383 e. The zero-order valence-electron chi connectivity index (χ0n) is 10.0. The summed E-state index contributed by atoms with van der Waals surface area (Å²) in [6.07, 6.45) is 0.928. The van der Waals surface area contributed by atoms with E-state index in [1.54, 1.807) is 6.21 Å². The highest BCUT2D eigenvalue weighted by Crippen LogP contribution is 2.22. The Labute approximate surface area is 116 Å². The van der Waals surface area contributed by atoms with Gasteiger partial charge in [0.2, 0.25) is 0 Å². The highest BCUT2D eigenvalue weighted by Gasteiger charge is 2.06.